The Labute approximate surface area is 224 Å². The van der Waals surface area contributed by atoms with Crippen molar-refractivity contribution in [1.82, 2.24) is 0 Å². The van der Waals surface area contributed by atoms with Crippen molar-refractivity contribution in [2.75, 3.05) is 20.3 Å². The van der Waals surface area contributed by atoms with Crippen LogP contribution in [0.3, 0.4) is 0 Å². The number of hydrogen-bond acceptors (Lipinski definition) is 8. The number of esters is 2. The number of carbonyl (C=O) groups is 2. The molecule has 3 aromatic carbocycles. The predicted molar refractivity (Wildman–Crippen MR) is 141 cm³/mol. The normalized spacial score (nSPS) is 12.4. The molecule has 39 heavy (non-hydrogen) atoms. The molecule has 0 bridgehead atoms. The van der Waals surface area contributed by atoms with E-state index in [9.17, 15) is 19.7 Å². The van der Waals surface area contributed by atoms with Crippen LogP contribution in [0.2, 0.25) is 0 Å². The van der Waals surface area contributed by atoms with Crippen LogP contribution in [-0.4, -0.2) is 37.3 Å². The lowest BCUT2D eigenvalue weighted by atomic mass is 9.95. The molecule has 0 radical (unpaired) electrons. The number of methoxy groups -OCH3 is 1. The zero-order valence-electron chi connectivity index (χ0n) is 21.5. The van der Waals surface area contributed by atoms with Gasteiger partial charge in [0.1, 0.15) is 0 Å². The minimum atomic E-state index is -2.42. The van der Waals surface area contributed by atoms with Gasteiger partial charge >= 0.3 is 11.9 Å². The standard InChI is InChI=1S/C29H28FNO8/c1-29(30,24-14-12-23(13-15-24)22-8-4-3-5-9-22)28(33)39-25-16-10-21(20-26(25)36-2)11-17-27(32)37-18-6-7-19-38-31(34)35/h3-5,8-17,20H,6-7,18-19H2,1-2H3/b17-11-. The number of nitrogens with zero attached hydrogens (tertiary/aromatic N) is 1. The molecule has 0 spiro atoms. The highest BCUT2D eigenvalue weighted by molar-refractivity contribution is 5.87. The highest BCUT2D eigenvalue weighted by Crippen LogP contribution is 2.34. The topological polar surface area (TPSA) is 114 Å². The number of alkyl halides is 1. The van der Waals surface area contributed by atoms with Gasteiger partial charge < -0.3 is 19.0 Å². The van der Waals surface area contributed by atoms with Gasteiger partial charge in [0.25, 0.3) is 5.09 Å². The third-order valence-electron chi connectivity index (χ3n) is 5.70. The average Bonchev–Trinajstić information content (AvgIpc) is 2.94. The van der Waals surface area contributed by atoms with Crippen molar-refractivity contribution in [2.24, 2.45) is 0 Å². The number of halogens is 1. The Bertz CT molecular complexity index is 1310. The van der Waals surface area contributed by atoms with Gasteiger partial charge in [0.15, 0.2) is 11.5 Å². The number of unbranched alkanes of at least 4 members (excludes halogenated alkanes) is 1. The summed E-state index contributed by atoms with van der Waals surface area (Å²) in [6.45, 7) is 1.15. The van der Waals surface area contributed by atoms with Gasteiger partial charge in [-0.2, -0.15) is 0 Å². The summed E-state index contributed by atoms with van der Waals surface area (Å²) in [7, 11) is 1.37. The predicted octanol–water partition coefficient (Wildman–Crippen LogP) is 5.70. The van der Waals surface area contributed by atoms with Crippen molar-refractivity contribution in [2.45, 2.75) is 25.4 Å². The maximum absolute atomic E-state index is 15.6. The first-order chi connectivity index (χ1) is 18.7. The van der Waals surface area contributed by atoms with Gasteiger partial charge in [-0.1, -0.05) is 60.7 Å². The molecule has 1 unspecified atom stereocenters. The van der Waals surface area contributed by atoms with Crippen LogP contribution < -0.4 is 9.47 Å². The van der Waals surface area contributed by atoms with Gasteiger partial charge in [-0.05, 0) is 54.7 Å². The SMILES string of the molecule is COc1cc(/C=C\C(=O)OCCCCO[N+](=O)[O-])ccc1OC(=O)C(C)(F)c1ccc(-c2ccccc2)cc1. The fraction of sp³-hybridized carbons (Fsp3) is 0.241. The van der Waals surface area contributed by atoms with Gasteiger partial charge in [-0.25, -0.2) is 14.0 Å². The van der Waals surface area contributed by atoms with Crippen LogP contribution in [0.1, 0.15) is 30.9 Å². The van der Waals surface area contributed by atoms with Crippen LogP contribution in [0.5, 0.6) is 11.5 Å². The molecule has 204 valence electrons. The Morgan fingerprint density at radius 2 is 1.62 bits per heavy atom. The molecule has 0 aliphatic rings. The summed E-state index contributed by atoms with van der Waals surface area (Å²) < 4.78 is 31.2. The third-order valence-corrected chi connectivity index (χ3v) is 5.70. The largest absolute Gasteiger partial charge is 0.493 e. The molecule has 10 heteroatoms. The molecule has 1 atom stereocenters. The van der Waals surface area contributed by atoms with E-state index < -0.39 is 22.7 Å². The van der Waals surface area contributed by atoms with E-state index in [1.807, 2.05) is 30.3 Å². The maximum Gasteiger partial charge on any atom is 0.353 e. The molecule has 0 heterocycles. The molecule has 3 rings (SSSR count). The average molecular weight is 538 g/mol. The molecular weight excluding hydrogens is 509 g/mol. The van der Waals surface area contributed by atoms with E-state index in [1.165, 1.54) is 31.4 Å². The molecule has 3 aromatic rings. The second kappa shape index (κ2) is 13.7. The maximum atomic E-state index is 15.6. The second-order valence-electron chi connectivity index (χ2n) is 8.51. The van der Waals surface area contributed by atoms with Crippen molar-refractivity contribution in [3.8, 4) is 22.6 Å². The fourth-order valence-corrected chi connectivity index (χ4v) is 3.52. The van der Waals surface area contributed by atoms with Gasteiger partial charge in [-0.15, -0.1) is 10.1 Å². The second-order valence-corrected chi connectivity index (χ2v) is 8.51. The zero-order valence-corrected chi connectivity index (χ0v) is 21.5. The van der Waals surface area contributed by atoms with Crippen LogP contribution in [0.4, 0.5) is 4.39 Å². The van der Waals surface area contributed by atoms with Gasteiger partial charge in [0.2, 0.25) is 5.67 Å². The summed E-state index contributed by atoms with van der Waals surface area (Å²) in [5, 5.41) is 9.19. The van der Waals surface area contributed by atoms with E-state index in [0.717, 1.165) is 18.1 Å². The lowest BCUT2D eigenvalue weighted by molar-refractivity contribution is -0.757. The van der Waals surface area contributed by atoms with E-state index in [4.69, 9.17) is 14.2 Å². The van der Waals surface area contributed by atoms with Crippen LogP contribution in [0, 0.1) is 10.1 Å². The lowest BCUT2D eigenvalue weighted by Crippen LogP contribution is -2.32. The van der Waals surface area contributed by atoms with Crippen molar-refractivity contribution in [3.63, 3.8) is 0 Å². The Balaban J connectivity index is 1.59. The summed E-state index contributed by atoms with van der Waals surface area (Å²) in [4.78, 5) is 38.9. The molecular formula is C29H28FNO8. The monoisotopic (exact) mass is 537 g/mol. The summed E-state index contributed by atoms with van der Waals surface area (Å²) in [5.41, 5.74) is 0.134. The van der Waals surface area contributed by atoms with Crippen molar-refractivity contribution < 1.29 is 38.1 Å². The molecule has 0 aliphatic carbocycles. The van der Waals surface area contributed by atoms with Crippen LogP contribution in [-0.2, 0) is 24.8 Å². The van der Waals surface area contributed by atoms with Gasteiger partial charge in [0, 0.05) is 11.6 Å². The summed E-state index contributed by atoms with van der Waals surface area (Å²) in [5.74, 6) is -1.53. The number of carbonyl (C=O) groups excluding carboxylic acids is 2. The van der Waals surface area contributed by atoms with E-state index in [1.54, 1.807) is 30.3 Å². The Morgan fingerprint density at radius 3 is 2.28 bits per heavy atom. The molecule has 0 aliphatic heterocycles. The minimum Gasteiger partial charge on any atom is -0.493 e. The lowest BCUT2D eigenvalue weighted by Gasteiger charge is -2.20. The molecule has 0 amide bonds. The smallest absolute Gasteiger partial charge is 0.353 e. The molecule has 0 fully saturated rings. The van der Waals surface area contributed by atoms with Crippen LogP contribution in [0.15, 0.2) is 78.9 Å². The van der Waals surface area contributed by atoms with Crippen LogP contribution >= 0.6 is 0 Å². The van der Waals surface area contributed by atoms with E-state index in [0.29, 0.717) is 18.4 Å². The van der Waals surface area contributed by atoms with Gasteiger partial charge in [0.05, 0.1) is 20.3 Å². The fourth-order valence-electron chi connectivity index (χ4n) is 3.52. The minimum absolute atomic E-state index is 0.0175. The van der Waals surface area contributed by atoms with Crippen molar-refractivity contribution >= 4 is 18.0 Å². The number of hydrogen-bond donors (Lipinski definition) is 0. The third kappa shape index (κ3) is 8.39. The van der Waals surface area contributed by atoms with E-state index in [-0.39, 0.29) is 30.3 Å². The van der Waals surface area contributed by atoms with E-state index in [2.05, 4.69) is 4.84 Å². The number of benzene rings is 3. The van der Waals surface area contributed by atoms with E-state index >= 15 is 4.39 Å². The van der Waals surface area contributed by atoms with Gasteiger partial charge in [-0.3, -0.25) is 0 Å². The summed E-state index contributed by atoms with van der Waals surface area (Å²) in [6.07, 6.45) is 3.45. The highest BCUT2D eigenvalue weighted by atomic mass is 19.1. The zero-order chi connectivity index (χ0) is 28.3. The molecule has 0 aromatic heterocycles. The summed E-state index contributed by atoms with van der Waals surface area (Å²) in [6, 6.07) is 20.7. The van der Waals surface area contributed by atoms with Crippen molar-refractivity contribution in [3.05, 3.63) is 100 Å². The molecule has 0 N–H and O–H groups in total. The van der Waals surface area contributed by atoms with Crippen molar-refractivity contribution in [1.29, 1.82) is 0 Å². The number of rotatable bonds is 13. The molecule has 0 saturated heterocycles. The highest BCUT2D eigenvalue weighted by Gasteiger charge is 2.38. The molecule has 9 nitrogen and oxygen atoms in total. The quantitative estimate of drug-likeness (QED) is 0.0682. The Morgan fingerprint density at radius 1 is 0.949 bits per heavy atom. The summed E-state index contributed by atoms with van der Waals surface area (Å²) >= 11 is 0. The molecule has 0 saturated carbocycles. The first kappa shape index (κ1) is 28.8. The Kier molecular flexibility index (Phi) is 10.1. The Hall–Kier alpha value is -4.73. The first-order valence-electron chi connectivity index (χ1n) is 12.1. The number of ether oxygens (including phenoxy) is 3. The first-order valence-corrected chi connectivity index (χ1v) is 12.1. The van der Waals surface area contributed by atoms with Crippen LogP contribution in [0.25, 0.3) is 17.2 Å².